The van der Waals surface area contributed by atoms with Crippen LogP contribution in [0.4, 0.5) is 11.5 Å². The van der Waals surface area contributed by atoms with Gasteiger partial charge in [-0.1, -0.05) is 25.1 Å². The molecular weight excluding hydrogens is 244 g/mol. The largest absolute Gasteiger partial charge is 0.478 e. The summed E-state index contributed by atoms with van der Waals surface area (Å²) in [4.78, 5) is 24.9. The summed E-state index contributed by atoms with van der Waals surface area (Å²) in [5, 5.41) is 12.0. The van der Waals surface area contributed by atoms with Crippen molar-refractivity contribution in [2.45, 2.75) is 13.3 Å². The van der Waals surface area contributed by atoms with Crippen LogP contribution in [0.2, 0.25) is 0 Å². The lowest BCUT2D eigenvalue weighted by molar-refractivity contribution is 0.0696. The number of H-pyrrole nitrogens is 1. The number of aromatic nitrogens is 1. The molecule has 19 heavy (non-hydrogen) atoms. The molecule has 0 fully saturated rings. The van der Waals surface area contributed by atoms with E-state index >= 15 is 0 Å². The van der Waals surface area contributed by atoms with Crippen LogP contribution < -0.4 is 10.9 Å². The Morgan fingerprint density at radius 3 is 2.74 bits per heavy atom. The number of hydrogen-bond acceptors (Lipinski definition) is 3. The molecule has 0 saturated heterocycles. The van der Waals surface area contributed by atoms with E-state index < -0.39 is 11.5 Å². The molecule has 0 aliphatic heterocycles. The molecule has 0 atom stereocenters. The fourth-order valence-corrected chi connectivity index (χ4v) is 1.83. The van der Waals surface area contributed by atoms with Crippen molar-refractivity contribution in [3.05, 3.63) is 57.9 Å². The number of anilines is 2. The topological polar surface area (TPSA) is 82.2 Å². The molecule has 0 unspecified atom stereocenters. The van der Waals surface area contributed by atoms with Crippen molar-refractivity contribution >= 4 is 17.5 Å². The molecule has 5 nitrogen and oxygen atoms in total. The highest BCUT2D eigenvalue weighted by Gasteiger charge is 2.07. The maximum atomic E-state index is 11.4. The minimum atomic E-state index is -1.13. The lowest BCUT2D eigenvalue weighted by Gasteiger charge is -2.10. The van der Waals surface area contributed by atoms with Crippen molar-refractivity contribution in [3.8, 4) is 0 Å². The van der Waals surface area contributed by atoms with Gasteiger partial charge in [0.05, 0.1) is 5.56 Å². The molecule has 0 saturated carbocycles. The molecule has 0 spiro atoms. The Kier molecular flexibility index (Phi) is 3.66. The smallest absolute Gasteiger partial charge is 0.336 e. The van der Waals surface area contributed by atoms with Crippen LogP contribution >= 0.6 is 0 Å². The Hall–Kier alpha value is -2.56. The van der Waals surface area contributed by atoms with Crippen LogP contribution in [0.15, 0.2) is 41.2 Å². The van der Waals surface area contributed by atoms with Crippen LogP contribution in [0.25, 0.3) is 0 Å². The predicted molar refractivity (Wildman–Crippen MR) is 73.1 cm³/mol. The van der Waals surface area contributed by atoms with Crippen LogP contribution in [-0.2, 0) is 6.42 Å². The van der Waals surface area contributed by atoms with Crippen molar-refractivity contribution in [2.75, 3.05) is 5.32 Å². The Labute approximate surface area is 109 Å². The molecule has 0 bridgehead atoms. The molecule has 1 aromatic heterocycles. The summed E-state index contributed by atoms with van der Waals surface area (Å²) in [6.45, 7) is 2.02. The number of para-hydroxylation sites is 1. The summed E-state index contributed by atoms with van der Waals surface area (Å²) in [5.74, 6) is -0.760. The molecule has 2 rings (SSSR count). The van der Waals surface area contributed by atoms with Gasteiger partial charge in [-0.15, -0.1) is 0 Å². The maximum absolute atomic E-state index is 11.4. The number of carboxylic acid groups (broad SMARTS) is 1. The van der Waals surface area contributed by atoms with Gasteiger partial charge in [-0.25, -0.2) is 4.79 Å². The monoisotopic (exact) mass is 258 g/mol. The Bertz CT molecular complexity index is 662. The molecular formula is C14H14N2O3. The summed E-state index contributed by atoms with van der Waals surface area (Å²) in [6, 6.07) is 10.1. The molecule has 1 heterocycles. The number of aromatic amines is 1. The Morgan fingerprint density at radius 1 is 1.32 bits per heavy atom. The first kappa shape index (κ1) is 12.9. The van der Waals surface area contributed by atoms with Gasteiger partial charge in [0, 0.05) is 11.8 Å². The van der Waals surface area contributed by atoms with E-state index in [4.69, 9.17) is 5.11 Å². The van der Waals surface area contributed by atoms with Crippen LogP contribution in [0, 0.1) is 0 Å². The van der Waals surface area contributed by atoms with Crippen molar-refractivity contribution in [1.29, 1.82) is 0 Å². The van der Waals surface area contributed by atoms with Gasteiger partial charge in [0.2, 0.25) is 5.56 Å². The SMILES string of the molecule is CCc1ccccc1Nc1cc(C(=O)O)cc(=O)[nH]1. The third kappa shape index (κ3) is 3.01. The summed E-state index contributed by atoms with van der Waals surface area (Å²) in [7, 11) is 0. The number of pyridine rings is 1. The number of carboxylic acids is 1. The molecule has 98 valence electrons. The van der Waals surface area contributed by atoms with Gasteiger partial charge in [-0.2, -0.15) is 0 Å². The number of benzene rings is 1. The van der Waals surface area contributed by atoms with Crippen molar-refractivity contribution in [1.82, 2.24) is 4.98 Å². The first-order valence-corrected chi connectivity index (χ1v) is 5.92. The molecule has 2 aromatic rings. The number of aromatic carboxylic acids is 1. The second-order valence-corrected chi connectivity index (χ2v) is 4.09. The van der Waals surface area contributed by atoms with Gasteiger partial charge in [-0.05, 0) is 24.1 Å². The van der Waals surface area contributed by atoms with Crippen LogP contribution in [-0.4, -0.2) is 16.1 Å². The summed E-state index contributed by atoms with van der Waals surface area (Å²) < 4.78 is 0. The van der Waals surface area contributed by atoms with Gasteiger partial charge < -0.3 is 15.4 Å². The summed E-state index contributed by atoms with van der Waals surface area (Å²) in [6.07, 6.45) is 0.839. The number of carbonyl (C=O) groups is 1. The second kappa shape index (κ2) is 5.39. The second-order valence-electron chi connectivity index (χ2n) is 4.09. The predicted octanol–water partition coefficient (Wildman–Crippen LogP) is 2.38. The van der Waals surface area contributed by atoms with Gasteiger partial charge in [-0.3, -0.25) is 4.79 Å². The van der Waals surface area contributed by atoms with E-state index in [2.05, 4.69) is 10.3 Å². The summed E-state index contributed by atoms with van der Waals surface area (Å²) >= 11 is 0. The highest BCUT2D eigenvalue weighted by Crippen LogP contribution is 2.19. The quantitative estimate of drug-likeness (QED) is 0.786. The van der Waals surface area contributed by atoms with Crippen molar-refractivity contribution in [3.63, 3.8) is 0 Å². The lowest BCUT2D eigenvalue weighted by atomic mass is 10.1. The molecule has 0 aliphatic rings. The standard InChI is InChI=1S/C14H14N2O3/c1-2-9-5-3-4-6-11(9)15-12-7-10(14(18)19)8-13(17)16-12/h3-8H,2H2,1H3,(H,18,19)(H2,15,16,17). The Balaban J connectivity index is 2.38. The first-order valence-electron chi connectivity index (χ1n) is 5.92. The van der Waals surface area contributed by atoms with Crippen molar-refractivity contribution < 1.29 is 9.90 Å². The third-order valence-electron chi connectivity index (χ3n) is 2.76. The molecule has 5 heteroatoms. The zero-order valence-corrected chi connectivity index (χ0v) is 10.4. The van der Waals surface area contributed by atoms with E-state index in [1.165, 1.54) is 6.07 Å². The highest BCUT2D eigenvalue weighted by atomic mass is 16.4. The van der Waals surface area contributed by atoms with Crippen LogP contribution in [0.3, 0.4) is 0 Å². The minimum Gasteiger partial charge on any atom is -0.478 e. The maximum Gasteiger partial charge on any atom is 0.336 e. The van der Waals surface area contributed by atoms with E-state index in [0.717, 1.165) is 23.7 Å². The van der Waals surface area contributed by atoms with Gasteiger partial charge in [0.1, 0.15) is 5.82 Å². The lowest BCUT2D eigenvalue weighted by Crippen LogP contribution is -2.12. The average molecular weight is 258 g/mol. The zero-order chi connectivity index (χ0) is 13.8. The van der Waals surface area contributed by atoms with E-state index in [1.54, 1.807) is 0 Å². The van der Waals surface area contributed by atoms with Gasteiger partial charge >= 0.3 is 5.97 Å². The molecule has 0 radical (unpaired) electrons. The zero-order valence-electron chi connectivity index (χ0n) is 10.4. The summed E-state index contributed by atoms with van der Waals surface area (Å²) in [5.41, 5.74) is 1.45. The van der Waals surface area contributed by atoms with Crippen LogP contribution in [0.1, 0.15) is 22.8 Å². The van der Waals surface area contributed by atoms with Gasteiger partial charge in [0.15, 0.2) is 0 Å². The average Bonchev–Trinajstić information content (AvgIpc) is 2.38. The number of nitrogens with one attached hydrogen (secondary N) is 2. The normalized spacial score (nSPS) is 10.2. The van der Waals surface area contributed by atoms with E-state index in [1.807, 2.05) is 31.2 Å². The van der Waals surface area contributed by atoms with Crippen LogP contribution in [0.5, 0.6) is 0 Å². The first-order chi connectivity index (χ1) is 9.10. The van der Waals surface area contributed by atoms with E-state index in [-0.39, 0.29) is 5.56 Å². The fourth-order valence-electron chi connectivity index (χ4n) is 1.83. The molecule has 0 aliphatic carbocycles. The number of aryl methyl sites for hydroxylation is 1. The third-order valence-corrected chi connectivity index (χ3v) is 2.76. The van der Waals surface area contributed by atoms with Crippen molar-refractivity contribution in [2.24, 2.45) is 0 Å². The van der Waals surface area contributed by atoms with E-state index in [0.29, 0.717) is 5.82 Å². The molecule has 1 aromatic carbocycles. The Morgan fingerprint density at radius 2 is 2.05 bits per heavy atom. The fraction of sp³-hybridized carbons (Fsp3) is 0.143. The van der Waals surface area contributed by atoms with Gasteiger partial charge in [0.25, 0.3) is 0 Å². The highest BCUT2D eigenvalue weighted by molar-refractivity contribution is 5.88. The number of rotatable bonds is 4. The minimum absolute atomic E-state index is 0.0415. The number of hydrogen-bond donors (Lipinski definition) is 3. The molecule has 3 N–H and O–H groups in total. The van der Waals surface area contributed by atoms with E-state index in [9.17, 15) is 9.59 Å². The molecule has 0 amide bonds.